The first-order valence-corrected chi connectivity index (χ1v) is 8.80. The molecule has 8 nitrogen and oxygen atoms in total. The van der Waals surface area contributed by atoms with Crippen LogP contribution in [0.25, 0.3) is 0 Å². The van der Waals surface area contributed by atoms with Gasteiger partial charge in [-0.15, -0.1) is 0 Å². The van der Waals surface area contributed by atoms with E-state index in [1.54, 1.807) is 6.92 Å². The van der Waals surface area contributed by atoms with Crippen molar-refractivity contribution in [2.24, 2.45) is 5.73 Å². The van der Waals surface area contributed by atoms with Gasteiger partial charge in [0.25, 0.3) is 0 Å². The minimum absolute atomic E-state index is 0.137. The smallest absolute Gasteiger partial charge is 0.421 e. The monoisotopic (exact) mass is 320 g/mol. The molecule has 21 heavy (non-hydrogen) atoms. The third kappa shape index (κ3) is 4.29. The summed E-state index contributed by atoms with van der Waals surface area (Å²) >= 11 is 0. The van der Waals surface area contributed by atoms with E-state index in [0.29, 0.717) is 13.1 Å². The van der Waals surface area contributed by atoms with Crippen LogP contribution in [0.3, 0.4) is 0 Å². The Labute approximate surface area is 125 Å². The average Bonchev–Trinajstić information content (AvgIpc) is 2.89. The molecule has 1 amide bonds. The van der Waals surface area contributed by atoms with E-state index in [9.17, 15) is 13.2 Å². The van der Waals surface area contributed by atoms with Gasteiger partial charge in [0.05, 0.1) is 6.61 Å². The van der Waals surface area contributed by atoms with Crippen molar-refractivity contribution in [3.05, 3.63) is 0 Å². The van der Waals surface area contributed by atoms with E-state index in [4.69, 9.17) is 5.73 Å². The maximum atomic E-state index is 12.1. The molecule has 2 rings (SSSR count). The summed E-state index contributed by atoms with van der Waals surface area (Å²) in [5.74, 6) is 0. The molecule has 0 saturated carbocycles. The number of nitrogens with zero attached hydrogens (tertiary/aromatic N) is 2. The summed E-state index contributed by atoms with van der Waals surface area (Å²) in [5, 5.41) is 0. The van der Waals surface area contributed by atoms with Crippen LogP contribution < -0.4 is 10.5 Å². The van der Waals surface area contributed by atoms with E-state index < -0.39 is 16.3 Å². The summed E-state index contributed by atoms with van der Waals surface area (Å²) in [7, 11) is -3.81. The van der Waals surface area contributed by atoms with Crippen molar-refractivity contribution < 1.29 is 17.9 Å². The van der Waals surface area contributed by atoms with Gasteiger partial charge in [-0.3, -0.25) is 4.90 Å². The third-order valence-corrected chi connectivity index (χ3v) is 5.48. The number of hydrogen-bond donors (Lipinski definition) is 2. The topological polar surface area (TPSA) is 105 Å². The molecule has 0 aliphatic carbocycles. The van der Waals surface area contributed by atoms with Crippen molar-refractivity contribution in [3.8, 4) is 0 Å². The van der Waals surface area contributed by atoms with E-state index in [0.717, 1.165) is 32.4 Å². The van der Waals surface area contributed by atoms with Gasteiger partial charge in [-0.25, -0.2) is 9.52 Å². The molecule has 0 bridgehead atoms. The van der Waals surface area contributed by atoms with Crippen molar-refractivity contribution >= 4 is 16.3 Å². The molecule has 2 aliphatic heterocycles. The van der Waals surface area contributed by atoms with E-state index in [1.165, 1.54) is 4.31 Å². The first kappa shape index (κ1) is 16.5. The number of hydrogen-bond acceptors (Lipinski definition) is 6. The van der Waals surface area contributed by atoms with Crippen LogP contribution in [0.1, 0.15) is 26.2 Å². The molecule has 0 aromatic heterocycles. The fraction of sp³-hybridized carbons (Fsp3) is 0.917. The summed E-state index contributed by atoms with van der Waals surface area (Å²) in [4.78, 5) is 13.6. The van der Waals surface area contributed by atoms with Gasteiger partial charge < -0.3 is 10.5 Å². The van der Waals surface area contributed by atoms with Crippen LogP contribution in [-0.2, 0) is 14.9 Å². The van der Waals surface area contributed by atoms with Gasteiger partial charge in [-0.2, -0.15) is 12.7 Å². The summed E-state index contributed by atoms with van der Waals surface area (Å²) in [5.41, 5.74) is 5.88. The summed E-state index contributed by atoms with van der Waals surface area (Å²) in [6.07, 6.45) is 1.75. The quantitative estimate of drug-likeness (QED) is 0.722. The lowest BCUT2D eigenvalue weighted by Crippen LogP contribution is -2.48. The maximum absolute atomic E-state index is 12.1. The lowest BCUT2D eigenvalue weighted by atomic mass is 10.0. The highest BCUT2D eigenvalue weighted by atomic mass is 32.2. The van der Waals surface area contributed by atoms with E-state index in [1.807, 2.05) is 4.72 Å². The highest BCUT2D eigenvalue weighted by Crippen LogP contribution is 2.21. The predicted octanol–water partition coefficient (Wildman–Crippen LogP) is -0.525. The van der Waals surface area contributed by atoms with Gasteiger partial charge in [0.1, 0.15) is 0 Å². The van der Waals surface area contributed by atoms with Crippen LogP contribution in [0.4, 0.5) is 4.79 Å². The Bertz CT molecular complexity index is 462. The number of rotatable bonds is 4. The molecular formula is C12H24N4O4S. The highest BCUT2D eigenvalue weighted by molar-refractivity contribution is 7.87. The first-order chi connectivity index (χ1) is 9.92. The number of nitrogens with two attached hydrogens (primary N) is 1. The molecule has 9 heteroatoms. The molecule has 2 saturated heterocycles. The first-order valence-electron chi connectivity index (χ1n) is 7.36. The molecule has 2 fully saturated rings. The fourth-order valence-electron chi connectivity index (χ4n) is 2.84. The zero-order valence-electron chi connectivity index (χ0n) is 12.3. The normalized spacial score (nSPS) is 25.9. The average molecular weight is 320 g/mol. The predicted molar refractivity (Wildman–Crippen MR) is 77.8 cm³/mol. The number of likely N-dealkylation sites (tertiary alicyclic amines) is 1. The number of carbonyl (C=O) groups excluding carboxylic acids is 1. The van der Waals surface area contributed by atoms with Crippen LogP contribution in [0, 0.1) is 0 Å². The Morgan fingerprint density at radius 1 is 1.29 bits per heavy atom. The Morgan fingerprint density at radius 3 is 2.57 bits per heavy atom. The molecule has 3 N–H and O–H groups in total. The number of piperidine rings is 1. The van der Waals surface area contributed by atoms with Crippen LogP contribution in [0.5, 0.6) is 0 Å². The zero-order valence-corrected chi connectivity index (χ0v) is 13.1. The fourth-order valence-corrected chi connectivity index (χ4v) is 3.95. The molecule has 0 spiro atoms. The molecule has 2 aliphatic rings. The minimum Gasteiger partial charge on any atom is -0.449 e. The van der Waals surface area contributed by atoms with Gasteiger partial charge >= 0.3 is 16.3 Å². The zero-order chi connectivity index (χ0) is 15.5. The molecular weight excluding hydrogens is 296 g/mol. The number of ether oxygens (including phenoxy) is 1. The molecule has 2 heterocycles. The lowest BCUT2D eigenvalue weighted by Gasteiger charge is -2.34. The van der Waals surface area contributed by atoms with Gasteiger partial charge in [0, 0.05) is 25.2 Å². The van der Waals surface area contributed by atoms with E-state index in [2.05, 4.69) is 9.64 Å². The number of amides is 1. The largest absolute Gasteiger partial charge is 0.449 e. The van der Waals surface area contributed by atoms with E-state index in [-0.39, 0.29) is 18.7 Å². The second-order valence-electron chi connectivity index (χ2n) is 5.50. The number of nitrogens with one attached hydrogen (secondary N) is 1. The lowest BCUT2D eigenvalue weighted by molar-refractivity contribution is 0.155. The SMILES string of the molecule is CCOC(=O)NS(=O)(=O)N1CCC(N2CCC(N)CC2)C1. The van der Waals surface area contributed by atoms with Crippen molar-refractivity contribution in [2.45, 2.75) is 38.3 Å². The molecule has 0 aromatic carbocycles. The Balaban J connectivity index is 1.88. The van der Waals surface area contributed by atoms with E-state index >= 15 is 0 Å². The molecule has 122 valence electrons. The van der Waals surface area contributed by atoms with Gasteiger partial charge in [0.15, 0.2) is 0 Å². The molecule has 1 atom stereocenters. The van der Waals surface area contributed by atoms with Gasteiger partial charge in [-0.1, -0.05) is 0 Å². The standard InChI is InChI=1S/C12H24N4O4S/c1-2-20-12(17)14-21(18,19)16-8-5-11(9-16)15-6-3-10(13)4-7-15/h10-11H,2-9,13H2,1H3,(H,14,17). The second kappa shape index (κ2) is 6.91. The summed E-state index contributed by atoms with van der Waals surface area (Å²) < 4.78 is 32.0. The Kier molecular flexibility index (Phi) is 5.42. The van der Waals surface area contributed by atoms with Gasteiger partial charge in [0.2, 0.25) is 0 Å². The van der Waals surface area contributed by atoms with Crippen molar-refractivity contribution in [3.63, 3.8) is 0 Å². The highest BCUT2D eigenvalue weighted by Gasteiger charge is 2.36. The van der Waals surface area contributed by atoms with Crippen LogP contribution in [-0.4, -0.2) is 68.6 Å². The summed E-state index contributed by atoms with van der Waals surface area (Å²) in [6.45, 7) is 4.40. The number of carbonyl (C=O) groups is 1. The Morgan fingerprint density at radius 2 is 1.95 bits per heavy atom. The van der Waals surface area contributed by atoms with Crippen LogP contribution >= 0.6 is 0 Å². The van der Waals surface area contributed by atoms with Crippen molar-refractivity contribution in [2.75, 3.05) is 32.8 Å². The van der Waals surface area contributed by atoms with Crippen molar-refractivity contribution in [1.29, 1.82) is 0 Å². The molecule has 0 aromatic rings. The van der Waals surface area contributed by atoms with Crippen LogP contribution in [0.15, 0.2) is 0 Å². The summed E-state index contributed by atoms with van der Waals surface area (Å²) in [6, 6.07) is 0.462. The van der Waals surface area contributed by atoms with Gasteiger partial charge in [-0.05, 0) is 39.3 Å². The molecule has 0 radical (unpaired) electrons. The second-order valence-corrected chi connectivity index (χ2v) is 7.17. The molecule has 1 unspecified atom stereocenters. The Hall–Kier alpha value is -0.900. The third-order valence-electron chi connectivity index (χ3n) is 4.04. The van der Waals surface area contributed by atoms with Crippen molar-refractivity contribution in [1.82, 2.24) is 13.9 Å². The van der Waals surface area contributed by atoms with Crippen LogP contribution in [0.2, 0.25) is 0 Å². The maximum Gasteiger partial charge on any atom is 0.421 e. The minimum atomic E-state index is -3.81.